The SMILES string of the molecule is CC(C)(C)c1ccc(C(=O)NCC(=O)Nc2ccc(-n3cccn3)c(F)c2)cc1. The van der Waals surface area contributed by atoms with Gasteiger partial charge in [-0.1, -0.05) is 32.9 Å². The lowest BCUT2D eigenvalue weighted by Gasteiger charge is -2.19. The molecule has 29 heavy (non-hydrogen) atoms. The van der Waals surface area contributed by atoms with E-state index in [-0.39, 0.29) is 23.6 Å². The summed E-state index contributed by atoms with van der Waals surface area (Å²) < 4.78 is 15.6. The van der Waals surface area contributed by atoms with E-state index in [4.69, 9.17) is 0 Å². The highest BCUT2D eigenvalue weighted by Gasteiger charge is 2.15. The summed E-state index contributed by atoms with van der Waals surface area (Å²) in [7, 11) is 0. The predicted molar refractivity (Wildman–Crippen MR) is 110 cm³/mol. The average Bonchev–Trinajstić information content (AvgIpc) is 3.20. The van der Waals surface area contributed by atoms with Crippen molar-refractivity contribution in [1.29, 1.82) is 0 Å². The van der Waals surface area contributed by atoms with Crippen LogP contribution in [-0.2, 0) is 10.2 Å². The van der Waals surface area contributed by atoms with E-state index in [0.717, 1.165) is 5.56 Å². The average molecular weight is 394 g/mol. The van der Waals surface area contributed by atoms with Crippen molar-refractivity contribution in [3.05, 3.63) is 77.9 Å². The van der Waals surface area contributed by atoms with Gasteiger partial charge in [0.25, 0.3) is 5.91 Å². The molecule has 0 unspecified atom stereocenters. The van der Waals surface area contributed by atoms with E-state index < -0.39 is 11.7 Å². The minimum absolute atomic E-state index is 0.00285. The summed E-state index contributed by atoms with van der Waals surface area (Å²) in [6.07, 6.45) is 3.18. The van der Waals surface area contributed by atoms with E-state index in [1.54, 1.807) is 36.7 Å². The Morgan fingerprint density at radius 2 is 1.83 bits per heavy atom. The molecule has 2 N–H and O–H groups in total. The van der Waals surface area contributed by atoms with Gasteiger partial charge >= 0.3 is 0 Å². The standard InChI is InChI=1S/C22H23FN4O2/c1-22(2,3)16-7-5-15(6-8-16)21(29)24-14-20(28)26-17-9-10-19(18(23)13-17)27-12-4-11-25-27/h4-13H,14H2,1-3H3,(H,24,29)(H,26,28). The Labute approximate surface area is 168 Å². The number of halogens is 1. The van der Waals surface area contributed by atoms with E-state index in [9.17, 15) is 14.0 Å². The summed E-state index contributed by atoms with van der Waals surface area (Å²) in [4.78, 5) is 24.3. The molecule has 7 heteroatoms. The number of carbonyl (C=O) groups excluding carboxylic acids is 2. The largest absolute Gasteiger partial charge is 0.343 e. The summed E-state index contributed by atoms with van der Waals surface area (Å²) in [5, 5.41) is 9.11. The molecule has 0 aliphatic rings. The summed E-state index contributed by atoms with van der Waals surface area (Å²) >= 11 is 0. The number of anilines is 1. The molecule has 150 valence electrons. The molecule has 3 rings (SSSR count). The zero-order valence-electron chi connectivity index (χ0n) is 16.6. The molecule has 0 saturated heterocycles. The monoisotopic (exact) mass is 394 g/mol. The Balaban J connectivity index is 1.56. The van der Waals surface area contributed by atoms with Crippen molar-refractivity contribution in [3.8, 4) is 5.69 Å². The molecule has 2 aromatic carbocycles. The first-order valence-corrected chi connectivity index (χ1v) is 9.22. The third kappa shape index (κ3) is 5.07. The van der Waals surface area contributed by atoms with Crippen molar-refractivity contribution >= 4 is 17.5 Å². The van der Waals surface area contributed by atoms with Crippen LogP contribution in [0.2, 0.25) is 0 Å². The van der Waals surface area contributed by atoms with Gasteiger partial charge in [0.15, 0.2) is 5.82 Å². The molecule has 0 aliphatic carbocycles. The van der Waals surface area contributed by atoms with Gasteiger partial charge in [0.05, 0.1) is 6.54 Å². The van der Waals surface area contributed by atoms with Gasteiger partial charge in [-0.2, -0.15) is 5.10 Å². The zero-order chi connectivity index (χ0) is 21.0. The molecule has 1 heterocycles. The molecule has 0 fully saturated rings. The van der Waals surface area contributed by atoms with Gasteiger partial charge in [-0.3, -0.25) is 9.59 Å². The number of aromatic nitrogens is 2. The van der Waals surface area contributed by atoms with E-state index in [0.29, 0.717) is 11.3 Å². The second kappa shape index (κ2) is 8.26. The normalized spacial score (nSPS) is 11.2. The van der Waals surface area contributed by atoms with Crippen molar-refractivity contribution in [2.24, 2.45) is 0 Å². The van der Waals surface area contributed by atoms with Crippen molar-refractivity contribution < 1.29 is 14.0 Å². The van der Waals surface area contributed by atoms with Crippen LogP contribution in [0.4, 0.5) is 10.1 Å². The molecule has 3 aromatic rings. The van der Waals surface area contributed by atoms with E-state index in [2.05, 4.69) is 36.5 Å². The quantitative estimate of drug-likeness (QED) is 0.693. The van der Waals surface area contributed by atoms with Crippen LogP contribution in [0.5, 0.6) is 0 Å². The van der Waals surface area contributed by atoms with E-state index >= 15 is 0 Å². The molecule has 0 atom stereocenters. The molecule has 0 bridgehead atoms. The molecule has 0 aliphatic heterocycles. The van der Waals surface area contributed by atoms with Gasteiger partial charge < -0.3 is 10.6 Å². The van der Waals surface area contributed by atoms with Gasteiger partial charge in [0, 0.05) is 23.6 Å². The van der Waals surface area contributed by atoms with Crippen LogP contribution in [0, 0.1) is 5.82 Å². The number of hydrogen-bond donors (Lipinski definition) is 2. The first-order chi connectivity index (χ1) is 13.7. The minimum atomic E-state index is -0.519. The number of nitrogens with one attached hydrogen (secondary N) is 2. The van der Waals surface area contributed by atoms with Crippen LogP contribution < -0.4 is 10.6 Å². The smallest absolute Gasteiger partial charge is 0.251 e. The van der Waals surface area contributed by atoms with Gasteiger partial charge in [-0.05, 0) is 47.4 Å². The van der Waals surface area contributed by atoms with Crippen LogP contribution in [-0.4, -0.2) is 28.1 Å². The molecular formula is C22H23FN4O2. The van der Waals surface area contributed by atoms with Crippen LogP contribution in [0.15, 0.2) is 60.9 Å². The third-order valence-corrected chi connectivity index (χ3v) is 4.41. The maximum atomic E-state index is 14.2. The van der Waals surface area contributed by atoms with Crippen LogP contribution >= 0.6 is 0 Å². The molecule has 0 saturated carbocycles. The van der Waals surface area contributed by atoms with Crippen molar-refractivity contribution in [1.82, 2.24) is 15.1 Å². The molecular weight excluding hydrogens is 371 g/mol. The molecule has 1 aromatic heterocycles. The highest BCUT2D eigenvalue weighted by molar-refractivity contribution is 5.99. The van der Waals surface area contributed by atoms with E-state index in [1.165, 1.54) is 16.8 Å². The second-order valence-corrected chi connectivity index (χ2v) is 7.68. The number of carbonyl (C=O) groups is 2. The summed E-state index contributed by atoms with van der Waals surface area (Å²) in [5.74, 6) is -1.31. The maximum absolute atomic E-state index is 14.2. The van der Waals surface area contributed by atoms with Crippen molar-refractivity contribution in [2.75, 3.05) is 11.9 Å². The number of rotatable bonds is 5. The first kappa shape index (κ1) is 20.3. The summed E-state index contributed by atoms with van der Waals surface area (Å²) in [6.45, 7) is 6.06. The highest BCUT2D eigenvalue weighted by Crippen LogP contribution is 2.22. The van der Waals surface area contributed by atoms with Crippen LogP contribution in [0.3, 0.4) is 0 Å². The number of nitrogens with zero attached hydrogens (tertiary/aromatic N) is 2. The van der Waals surface area contributed by atoms with Crippen molar-refractivity contribution in [2.45, 2.75) is 26.2 Å². The Kier molecular flexibility index (Phi) is 5.77. The number of hydrogen-bond acceptors (Lipinski definition) is 3. The fraction of sp³-hybridized carbons (Fsp3) is 0.227. The highest BCUT2D eigenvalue weighted by atomic mass is 19.1. The molecule has 2 amide bonds. The molecule has 6 nitrogen and oxygen atoms in total. The fourth-order valence-electron chi connectivity index (χ4n) is 2.77. The summed E-state index contributed by atoms with van der Waals surface area (Å²) in [5.41, 5.74) is 2.16. The Morgan fingerprint density at radius 3 is 2.41 bits per heavy atom. The second-order valence-electron chi connectivity index (χ2n) is 7.68. The first-order valence-electron chi connectivity index (χ1n) is 9.22. The third-order valence-electron chi connectivity index (χ3n) is 4.41. The van der Waals surface area contributed by atoms with Crippen LogP contribution in [0.25, 0.3) is 5.69 Å². The van der Waals surface area contributed by atoms with E-state index in [1.807, 2.05) is 12.1 Å². The van der Waals surface area contributed by atoms with Gasteiger partial charge in [0.2, 0.25) is 5.91 Å². The molecule has 0 spiro atoms. The Morgan fingerprint density at radius 1 is 1.10 bits per heavy atom. The van der Waals surface area contributed by atoms with Gasteiger partial charge in [-0.25, -0.2) is 9.07 Å². The Hall–Kier alpha value is -3.48. The van der Waals surface area contributed by atoms with Crippen LogP contribution in [0.1, 0.15) is 36.7 Å². The zero-order valence-corrected chi connectivity index (χ0v) is 16.6. The fourth-order valence-corrected chi connectivity index (χ4v) is 2.77. The maximum Gasteiger partial charge on any atom is 0.251 e. The van der Waals surface area contributed by atoms with Gasteiger partial charge in [0.1, 0.15) is 5.69 Å². The van der Waals surface area contributed by atoms with Gasteiger partial charge in [-0.15, -0.1) is 0 Å². The lowest BCUT2D eigenvalue weighted by Crippen LogP contribution is -2.32. The minimum Gasteiger partial charge on any atom is -0.343 e. The number of benzene rings is 2. The number of amides is 2. The predicted octanol–water partition coefficient (Wildman–Crippen LogP) is 3.68. The lowest BCUT2D eigenvalue weighted by atomic mass is 9.87. The topological polar surface area (TPSA) is 76.0 Å². The lowest BCUT2D eigenvalue weighted by molar-refractivity contribution is -0.115. The Bertz CT molecular complexity index is 1010. The van der Waals surface area contributed by atoms with Crippen molar-refractivity contribution in [3.63, 3.8) is 0 Å². The summed E-state index contributed by atoms with van der Waals surface area (Å²) in [6, 6.07) is 13.3. The molecule has 0 radical (unpaired) electrons.